The second-order valence-electron chi connectivity index (χ2n) is 6.78. The summed E-state index contributed by atoms with van der Waals surface area (Å²) in [7, 11) is 1.28. The molecule has 1 aliphatic rings. The van der Waals surface area contributed by atoms with Gasteiger partial charge < -0.3 is 9.15 Å². The van der Waals surface area contributed by atoms with Crippen molar-refractivity contribution in [3.05, 3.63) is 85.9 Å². The van der Waals surface area contributed by atoms with E-state index in [1.54, 1.807) is 30.3 Å². The Balaban J connectivity index is 1.54. The monoisotopic (exact) mass is 531 g/mol. The Kier molecular flexibility index (Phi) is 6.55. The van der Waals surface area contributed by atoms with Crippen LogP contribution in [0.5, 0.6) is 0 Å². The molecule has 0 saturated carbocycles. The van der Waals surface area contributed by atoms with Crippen molar-refractivity contribution in [2.24, 2.45) is 0 Å². The number of hydrogen-bond acceptors (Lipinski definition) is 6. The Labute approximate surface area is 201 Å². The van der Waals surface area contributed by atoms with Crippen molar-refractivity contribution in [1.82, 2.24) is 4.90 Å². The molecule has 4 rings (SSSR count). The molecule has 9 heteroatoms. The normalized spacial score (nSPS) is 15.0. The average Bonchev–Trinajstić information content (AvgIpc) is 3.35. The molecule has 0 aliphatic carbocycles. The van der Waals surface area contributed by atoms with E-state index in [0.29, 0.717) is 17.1 Å². The molecule has 2 amide bonds. The highest BCUT2D eigenvalue weighted by molar-refractivity contribution is 9.10. The second-order valence-corrected chi connectivity index (χ2v) is 9.10. The molecule has 0 N–H and O–H groups in total. The zero-order chi connectivity index (χ0) is 22.8. The Bertz CT molecular complexity index is 1250. The number of hydrogen-bond donors (Lipinski definition) is 0. The van der Waals surface area contributed by atoms with E-state index in [1.807, 2.05) is 24.3 Å². The van der Waals surface area contributed by atoms with E-state index >= 15 is 0 Å². The van der Waals surface area contributed by atoms with Gasteiger partial charge in [-0.3, -0.25) is 14.5 Å². The van der Waals surface area contributed by atoms with Gasteiger partial charge in [0.25, 0.3) is 11.1 Å². The lowest BCUT2D eigenvalue weighted by atomic mass is 10.1. The molecule has 1 aliphatic heterocycles. The maximum atomic E-state index is 12.8. The third-order valence-corrected chi connectivity index (χ3v) is 6.45. The number of thioether (sulfide) groups is 1. The predicted molar refractivity (Wildman–Crippen MR) is 126 cm³/mol. The summed E-state index contributed by atoms with van der Waals surface area (Å²) < 4.78 is 11.5. The fraction of sp³-hybridized carbons (Fsp3) is 0.0870. The minimum Gasteiger partial charge on any atom is -0.465 e. The van der Waals surface area contributed by atoms with Crippen LogP contribution in [0.3, 0.4) is 0 Å². The first-order valence-corrected chi connectivity index (χ1v) is 11.3. The number of rotatable bonds is 5. The van der Waals surface area contributed by atoms with E-state index in [2.05, 4.69) is 15.9 Å². The molecule has 162 valence electrons. The first-order valence-electron chi connectivity index (χ1n) is 9.33. The Morgan fingerprint density at radius 1 is 1.16 bits per heavy atom. The Hall–Kier alpha value is -2.81. The van der Waals surface area contributed by atoms with Gasteiger partial charge in [0, 0.05) is 16.1 Å². The molecule has 0 bridgehead atoms. The van der Waals surface area contributed by atoms with Crippen LogP contribution in [0.15, 0.2) is 68.4 Å². The quantitative estimate of drug-likeness (QED) is 0.280. The van der Waals surface area contributed by atoms with E-state index in [4.69, 9.17) is 20.8 Å². The fourth-order valence-corrected chi connectivity index (χ4v) is 4.35. The lowest BCUT2D eigenvalue weighted by Crippen LogP contribution is -2.27. The standard InChI is InChI=1S/C23H15BrClNO5S/c1-30-22(28)17-10-14(4-8-18(17)25)19-9-7-16(31-19)11-20-21(27)26(23(29)32-20)12-13-2-5-15(24)6-3-13/h2-11H,12H2,1H3/b20-11+. The van der Waals surface area contributed by atoms with Crippen LogP contribution in [0.2, 0.25) is 5.02 Å². The van der Waals surface area contributed by atoms with Gasteiger partial charge in [0.2, 0.25) is 0 Å². The van der Waals surface area contributed by atoms with E-state index in [1.165, 1.54) is 18.1 Å². The van der Waals surface area contributed by atoms with Crippen molar-refractivity contribution in [3.63, 3.8) is 0 Å². The number of ether oxygens (including phenoxy) is 1. The molecule has 0 unspecified atom stereocenters. The van der Waals surface area contributed by atoms with Crippen molar-refractivity contribution in [2.45, 2.75) is 6.54 Å². The number of benzene rings is 2. The van der Waals surface area contributed by atoms with Crippen LogP contribution in [0, 0.1) is 0 Å². The second kappa shape index (κ2) is 9.36. The van der Waals surface area contributed by atoms with E-state index in [-0.39, 0.29) is 33.2 Å². The lowest BCUT2D eigenvalue weighted by Gasteiger charge is -2.12. The van der Waals surface area contributed by atoms with Crippen molar-refractivity contribution in [1.29, 1.82) is 0 Å². The summed E-state index contributed by atoms with van der Waals surface area (Å²) in [5.41, 5.74) is 1.69. The minimum absolute atomic E-state index is 0.194. The van der Waals surface area contributed by atoms with Gasteiger partial charge in [-0.15, -0.1) is 0 Å². The zero-order valence-corrected chi connectivity index (χ0v) is 19.8. The summed E-state index contributed by atoms with van der Waals surface area (Å²) in [6, 6.07) is 15.7. The molecule has 3 aromatic rings. The van der Waals surface area contributed by atoms with Crippen LogP contribution in [0.4, 0.5) is 4.79 Å². The highest BCUT2D eigenvalue weighted by Crippen LogP contribution is 2.35. The molecule has 1 fully saturated rings. The highest BCUT2D eigenvalue weighted by Gasteiger charge is 2.35. The number of carbonyl (C=O) groups excluding carboxylic acids is 3. The molecule has 2 aromatic carbocycles. The van der Waals surface area contributed by atoms with Gasteiger partial charge >= 0.3 is 5.97 Å². The molecule has 32 heavy (non-hydrogen) atoms. The summed E-state index contributed by atoms with van der Waals surface area (Å²) in [6.07, 6.45) is 1.53. The number of nitrogens with zero attached hydrogens (tertiary/aromatic N) is 1. The van der Waals surface area contributed by atoms with E-state index in [0.717, 1.165) is 21.8 Å². The molecular weight excluding hydrogens is 518 g/mol. The van der Waals surface area contributed by atoms with Gasteiger partial charge in [-0.25, -0.2) is 4.79 Å². The summed E-state index contributed by atoms with van der Waals surface area (Å²) >= 11 is 10.3. The lowest BCUT2D eigenvalue weighted by molar-refractivity contribution is -0.123. The molecule has 0 spiro atoms. The molecule has 1 aromatic heterocycles. The maximum Gasteiger partial charge on any atom is 0.339 e. The highest BCUT2D eigenvalue weighted by atomic mass is 79.9. The van der Waals surface area contributed by atoms with E-state index < -0.39 is 5.97 Å². The fourth-order valence-electron chi connectivity index (χ4n) is 3.07. The number of imide groups is 1. The van der Waals surface area contributed by atoms with Gasteiger partial charge in [0.05, 0.1) is 29.1 Å². The molecule has 1 saturated heterocycles. The first-order chi connectivity index (χ1) is 15.4. The van der Waals surface area contributed by atoms with Crippen LogP contribution in [0.25, 0.3) is 17.4 Å². The third-order valence-electron chi connectivity index (χ3n) is 4.68. The third kappa shape index (κ3) is 4.67. The van der Waals surface area contributed by atoms with Gasteiger partial charge in [-0.2, -0.15) is 0 Å². The van der Waals surface area contributed by atoms with Crippen LogP contribution >= 0.6 is 39.3 Å². The number of furan rings is 1. The summed E-state index contributed by atoms with van der Waals surface area (Å²) in [5, 5.41) is -0.0665. The van der Waals surface area contributed by atoms with Crippen LogP contribution in [-0.2, 0) is 16.1 Å². The van der Waals surface area contributed by atoms with Crippen molar-refractivity contribution < 1.29 is 23.5 Å². The number of carbonyl (C=O) groups is 3. The first kappa shape index (κ1) is 22.4. The SMILES string of the molecule is COC(=O)c1cc(-c2ccc(/C=C3/SC(=O)N(Cc4ccc(Br)cc4)C3=O)o2)ccc1Cl. The Morgan fingerprint density at radius 2 is 1.91 bits per heavy atom. The number of halogens is 2. The van der Waals surface area contributed by atoms with Crippen molar-refractivity contribution in [3.8, 4) is 11.3 Å². The molecule has 0 radical (unpaired) electrons. The summed E-state index contributed by atoms with van der Waals surface area (Å²) in [6.45, 7) is 0.194. The van der Waals surface area contributed by atoms with Crippen molar-refractivity contribution in [2.75, 3.05) is 7.11 Å². The minimum atomic E-state index is -0.553. The van der Waals surface area contributed by atoms with E-state index in [9.17, 15) is 14.4 Å². The zero-order valence-electron chi connectivity index (χ0n) is 16.6. The Morgan fingerprint density at radius 3 is 2.62 bits per heavy atom. The predicted octanol–water partition coefficient (Wildman–Crippen LogP) is 6.39. The van der Waals surface area contributed by atoms with Gasteiger partial charge in [0.15, 0.2) is 0 Å². The van der Waals surface area contributed by atoms with Gasteiger partial charge in [0.1, 0.15) is 11.5 Å². The van der Waals surface area contributed by atoms with Gasteiger partial charge in [-0.05, 0) is 59.8 Å². The van der Waals surface area contributed by atoms with Crippen LogP contribution < -0.4 is 0 Å². The molecular formula is C23H15BrClNO5S. The molecule has 6 nitrogen and oxygen atoms in total. The van der Waals surface area contributed by atoms with Crippen LogP contribution in [-0.4, -0.2) is 29.1 Å². The number of esters is 1. The maximum absolute atomic E-state index is 12.8. The number of methoxy groups -OCH3 is 1. The largest absolute Gasteiger partial charge is 0.465 e. The molecule has 0 atom stereocenters. The molecule has 2 heterocycles. The van der Waals surface area contributed by atoms with Crippen LogP contribution in [0.1, 0.15) is 21.7 Å². The number of amides is 2. The van der Waals surface area contributed by atoms with Gasteiger partial charge in [-0.1, -0.05) is 39.7 Å². The topological polar surface area (TPSA) is 76.8 Å². The summed E-state index contributed by atoms with van der Waals surface area (Å²) in [5.74, 6) is -0.0423. The smallest absolute Gasteiger partial charge is 0.339 e. The van der Waals surface area contributed by atoms with Crippen molar-refractivity contribution >= 4 is 62.5 Å². The summed E-state index contributed by atoms with van der Waals surface area (Å²) in [4.78, 5) is 38.5. The average molecular weight is 533 g/mol.